The number of carbonyl (C=O) groups is 2. The van der Waals surface area contributed by atoms with Crippen LogP contribution >= 0.6 is 0 Å². The zero-order valence-corrected chi connectivity index (χ0v) is 13.6. The summed E-state index contributed by atoms with van der Waals surface area (Å²) in [5.74, 6) is -0.290. The summed E-state index contributed by atoms with van der Waals surface area (Å²) in [7, 11) is 3.39. The van der Waals surface area contributed by atoms with Crippen LogP contribution in [0.15, 0.2) is 30.3 Å². The lowest BCUT2D eigenvalue weighted by molar-refractivity contribution is -0.135. The Hall–Kier alpha value is -2.08. The van der Waals surface area contributed by atoms with Crippen LogP contribution in [0.3, 0.4) is 0 Å². The van der Waals surface area contributed by atoms with E-state index in [1.54, 1.807) is 14.1 Å². The Bertz CT molecular complexity index is 533. The Morgan fingerprint density at radius 3 is 2.57 bits per heavy atom. The number of rotatable bonds is 4. The molecular weight excluding hydrogens is 296 g/mol. The number of aliphatic hydroxyl groups excluding tert-OH is 1. The fourth-order valence-corrected chi connectivity index (χ4v) is 2.91. The van der Waals surface area contributed by atoms with E-state index in [9.17, 15) is 14.7 Å². The third-order valence-electron chi connectivity index (χ3n) is 4.01. The third-order valence-corrected chi connectivity index (χ3v) is 4.01. The number of hydrogen-bond acceptors (Lipinski definition) is 4. The van der Waals surface area contributed by atoms with Crippen molar-refractivity contribution in [1.29, 1.82) is 0 Å². The maximum atomic E-state index is 12.1. The molecule has 0 unspecified atom stereocenters. The molecule has 126 valence electrons. The van der Waals surface area contributed by atoms with Crippen molar-refractivity contribution in [3.05, 3.63) is 35.9 Å². The van der Waals surface area contributed by atoms with E-state index in [4.69, 9.17) is 4.74 Å². The molecule has 0 radical (unpaired) electrons. The second kappa shape index (κ2) is 7.97. The molecule has 1 fully saturated rings. The third kappa shape index (κ3) is 5.25. The number of hydrogen-bond donors (Lipinski definition) is 2. The van der Waals surface area contributed by atoms with Crippen molar-refractivity contribution in [3.63, 3.8) is 0 Å². The Balaban J connectivity index is 1.83. The van der Waals surface area contributed by atoms with E-state index in [0.29, 0.717) is 19.3 Å². The molecule has 0 heterocycles. The molecule has 0 spiro atoms. The molecule has 23 heavy (non-hydrogen) atoms. The molecule has 2 amide bonds. The highest BCUT2D eigenvalue weighted by molar-refractivity contribution is 5.78. The van der Waals surface area contributed by atoms with Crippen LogP contribution in [-0.4, -0.2) is 48.2 Å². The van der Waals surface area contributed by atoms with Gasteiger partial charge in [-0.3, -0.25) is 4.79 Å². The molecule has 1 aliphatic rings. The van der Waals surface area contributed by atoms with E-state index in [1.165, 1.54) is 4.90 Å². The smallest absolute Gasteiger partial charge is 0.407 e. The van der Waals surface area contributed by atoms with Crippen molar-refractivity contribution in [1.82, 2.24) is 10.2 Å². The van der Waals surface area contributed by atoms with Gasteiger partial charge < -0.3 is 20.1 Å². The molecule has 6 heteroatoms. The number of amides is 2. The topological polar surface area (TPSA) is 78.9 Å². The first kappa shape index (κ1) is 17.3. The van der Waals surface area contributed by atoms with E-state index >= 15 is 0 Å². The van der Waals surface area contributed by atoms with Gasteiger partial charge >= 0.3 is 6.09 Å². The monoisotopic (exact) mass is 320 g/mol. The quantitative estimate of drug-likeness (QED) is 0.882. The predicted molar refractivity (Wildman–Crippen MR) is 85.6 cm³/mol. The van der Waals surface area contributed by atoms with Crippen molar-refractivity contribution in [2.45, 2.75) is 38.0 Å². The van der Waals surface area contributed by atoms with Crippen molar-refractivity contribution in [2.24, 2.45) is 5.92 Å². The zero-order valence-electron chi connectivity index (χ0n) is 13.6. The molecule has 1 saturated carbocycles. The van der Waals surface area contributed by atoms with E-state index < -0.39 is 12.2 Å². The summed E-state index contributed by atoms with van der Waals surface area (Å²) in [6.45, 7) is 0.196. The van der Waals surface area contributed by atoms with E-state index in [2.05, 4.69) is 5.32 Å². The molecule has 1 aromatic carbocycles. The largest absolute Gasteiger partial charge is 0.445 e. The molecule has 3 atom stereocenters. The van der Waals surface area contributed by atoms with Crippen LogP contribution in [0.2, 0.25) is 0 Å². The van der Waals surface area contributed by atoms with Gasteiger partial charge in [-0.25, -0.2) is 4.79 Å². The zero-order chi connectivity index (χ0) is 16.8. The minimum atomic E-state index is -0.586. The molecule has 2 N–H and O–H groups in total. The van der Waals surface area contributed by atoms with Crippen molar-refractivity contribution < 1.29 is 19.4 Å². The average Bonchev–Trinajstić information content (AvgIpc) is 2.52. The first-order chi connectivity index (χ1) is 11.0. The first-order valence-electron chi connectivity index (χ1n) is 7.82. The highest BCUT2D eigenvalue weighted by Gasteiger charge is 2.33. The van der Waals surface area contributed by atoms with E-state index in [-0.39, 0.29) is 24.5 Å². The minimum absolute atomic E-state index is 0.0202. The summed E-state index contributed by atoms with van der Waals surface area (Å²) in [6, 6.07) is 9.16. The Labute approximate surface area is 136 Å². The van der Waals surface area contributed by atoms with Gasteiger partial charge in [0.25, 0.3) is 0 Å². The lowest BCUT2D eigenvalue weighted by Crippen LogP contribution is -2.46. The first-order valence-corrected chi connectivity index (χ1v) is 7.82. The van der Waals surface area contributed by atoms with Crippen LogP contribution in [0, 0.1) is 5.92 Å². The van der Waals surface area contributed by atoms with Gasteiger partial charge in [-0.05, 0) is 24.8 Å². The maximum absolute atomic E-state index is 12.1. The predicted octanol–water partition coefficient (Wildman–Crippen LogP) is 1.53. The van der Waals surface area contributed by atoms with Crippen molar-refractivity contribution >= 4 is 12.0 Å². The van der Waals surface area contributed by atoms with Crippen molar-refractivity contribution in [3.8, 4) is 0 Å². The molecule has 0 aliphatic heterocycles. The Morgan fingerprint density at radius 2 is 1.91 bits per heavy atom. The minimum Gasteiger partial charge on any atom is -0.445 e. The Morgan fingerprint density at radius 1 is 1.22 bits per heavy atom. The molecule has 1 aromatic rings. The van der Waals surface area contributed by atoms with Gasteiger partial charge in [-0.1, -0.05) is 30.3 Å². The van der Waals surface area contributed by atoms with Crippen LogP contribution in [0.1, 0.15) is 24.8 Å². The van der Waals surface area contributed by atoms with Crippen LogP contribution < -0.4 is 5.32 Å². The molecule has 2 rings (SSSR count). The fraction of sp³-hybridized carbons (Fsp3) is 0.529. The van der Waals surface area contributed by atoms with Crippen LogP contribution in [-0.2, 0) is 16.1 Å². The molecule has 1 aliphatic carbocycles. The average molecular weight is 320 g/mol. The lowest BCUT2D eigenvalue weighted by Gasteiger charge is -2.33. The second-order valence-corrected chi connectivity index (χ2v) is 6.19. The van der Waals surface area contributed by atoms with Gasteiger partial charge in [0.1, 0.15) is 6.61 Å². The van der Waals surface area contributed by atoms with Gasteiger partial charge in [0.2, 0.25) is 5.91 Å². The lowest BCUT2D eigenvalue weighted by atomic mass is 9.83. The summed E-state index contributed by atoms with van der Waals surface area (Å²) >= 11 is 0. The number of aliphatic hydroxyl groups is 1. The molecule has 0 bridgehead atoms. The SMILES string of the molecule is CN(C)C(=O)[C@H]1C[C@@H](O)C[C@@H](NC(=O)OCc2ccccc2)C1. The highest BCUT2D eigenvalue weighted by Crippen LogP contribution is 2.26. The number of nitrogens with one attached hydrogen (secondary N) is 1. The number of ether oxygens (including phenoxy) is 1. The molecular formula is C17H24N2O4. The maximum Gasteiger partial charge on any atom is 0.407 e. The van der Waals surface area contributed by atoms with Crippen LogP contribution in [0.4, 0.5) is 4.79 Å². The highest BCUT2D eigenvalue weighted by atomic mass is 16.5. The van der Waals surface area contributed by atoms with E-state index in [1.807, 2.05) is 30.3 Å². The Kier molecular flexibility index (Phi) is 5.98. The van der Waals surface area contributed by atoms with Gasteiger partial charge in [0, 0.05) is 26.1 Å². The normalized spacial score (nSPS) is 23.9. The van der Waals surface area contributed by atoms with E-state index in [0.717, 1.165) is 5.56 Å². The number of nitrogens with zero attached hydrogens (tertiary/aromatic N) is 1. The summed E-state index contributed by atoms with van der Waals surface area (Å²) in [5, 5.41) is 12.7. The van der Waals surface area contributed by atoms with Gasteiger partial charge in [-0.2, -0.15) is 0 Å². The van der Waals surface area contributed by atoms with Gasteiger partial charge in [0.05, 0.1) is 6.10 Å². The number of alkyl carbamates (subject to hydrolysis) is 1. The summed E-state index contributed by atoms with van der Waals surface area (Å²) in [5.41, 5.74) is 0.909. The van der Waals surface area contributed by atoms with Crippen LogP contribution in [0.5, 0.6) is 0 Å². The molecule has 0 aromatic heterocycles. The van der Waals surface area contributed by atoms with Crippen LogP contribution in [0.25, 0.3) is 0 Å². The summed E-state index contributed by atoms with van der Waals surface area (Å²) in [4.78, 5) is 25.5. The number of benzene rings is 1. The number of carbonyl (C=O) groups excluding carboxylic acids is 2. The molecule has 0 saturated heterocycles. The summed E-state index contributed by atoms with van der Waals surface area (Å²) < 4.78 is 5.18. The van der Waals surface area contributed by atoms with Crippen molar-refractivity contribution in [2.75, 3.05) is 14.1 Å². The fourth-order valence-electron chi connectivity index (χ4n) is 2.91. The standard InChI is InChI=1S/C17H24N2O4/c1-19(2)16(21)13-8-14(10-15(20)9-13)18-17(22)23-11-12-6-4-3-5-7-12/h3-7,13-15,20H,8-11H2,1-2H3,(H,18,22)/t13-,14+,15-/m1/s1. The van der Waals surface area contributed by atoms with Gasteiger partial charge in [0.15, 0.2) is 0 Å². The molecule has 6 nitrogen and oxygen atoms in total. The second-order valence-electron chi connectivity index (χ2n) is 6.19. The van der Waals surface area contributed by atoms with Gasteiger partial charge in [-0.15, -0.1) is 0 Å². The summed E-state index contributed by atoms with van der Waals surface area (Å²) in [6.07, 6.45) is 0.293.